The minimum Gasteiger partial charge on any atom is -0.340 e. The molecule has 0 aliphatic heterocycles. The molecule has 5 heteroatoms. The normalized spacial score (nSPS) is 12.2. The third-order valence-corrected chi connectivity index (χ3v) is 5.50. The van der Waals surface area contributed by atoms with Gasteiger partial charge in [-0.05, 0) is 32.8 Å². The fraction of sp³-hybridized carbons (Fsp3) is 0.500. The van der Waals surface area contributed by atoms with Crippen LogP contribution in [0.1, 0.15) is 43.6 Å². The second-order valence-electron chi connectivity index (χ2n) is 6.51. The Hall–Kier alpha value is -1.75. The van der Waals surface area contributed by atoms with Gasteiger partial charge in [-0.3, -0.25) is 4.79 Å². The molecule has 0 radical (unpaired) electrons. The monoisotopic (exact) mass is 359 g/mol. The maximum absolute atomic E-state index is 12.7. The third-order valence-electron chi connectivity index (χ3n) is 4.43. The molecule has 0 aliphatic carbocycles. The number of thioether (sulfide) groups is 1. The highest BCUT2D eigenvalue weighted by Crippen LogP contribution is 2.27. The summed E-state index contributed by atoms with van der Waals surface area (Å²) in [5.74, 6) is 0.134. The lowest BCUT2D eigenvalue weighted by molar-refractivity contribution is -0.129. The van der Waals surface area contributed by atoms with Crippen LogP contribution in [0.25, 0.3) is 0 Å². The van der Waals surface area contributed by atoms with Crippen LogP contribution in [0, 0.1) is 13.8 Å². The minimum atomic E-state index is -0.157. The summed E-state index contributed by atoms with van der Waals surface area (Å²) in [6.45, 7) is 9.90. The number of amides is 1. The lowest BCUT2D eigenvalue weighted by Gasteiger charge is -2.21. The van der Waals surface area contributed by atoms with Gasteiger partial charge in [0.2, 0.25) is 5.91 Å². The van der Waals surface area contributed by atoms with Crippen molar-refractivity contribution in [1.29, 1.82) is 0 Å². The molecule has 0 saturated carbocycles. The fourth-order valence-corrected chi connectivity index (χ4v) is 3.89. The summed E-state index contributed by atoms with van der Waals surface area (Å²) in [5, 5.41) is 0.799. The predicted octanol–water partition coefficient (Wildman–Crippen LogP) is 4.44. The highest BCUT2D eigenvalue weighted by molar-refractivity contribution is 8.00. The van der Waals surface area contributed by atoms with Crippen LogP contribution < -0.4 is 0 Å². The van der Waals surface area contributed by atoms with Crippen molar-refractivity contribution in [1.82, 2.24) is 14.5 Å². The van der Waals surface area contributed by atoms with Crippen molar-refractivity contribution in [3.05, 3.63) is 47.3 Å². The first-order valence-electron chi connectivity index (χ1n) is 8.93. The van der Waals surface area contributed by atoms with E-state index in [0.717, 1.165) is 35.8 Å². The summed E-state index contributed by atoms with van der Waals surface area (Å²) in [5.41, 5.74) is 3.40. The number of carbonyl (C=O) groups excluding carboxylic acids is 1. The molecule has 2 aromatic rings. The largest absolute Gasteiger partial charge is 0.340 e. The summed E-state index contributed by atoms with van der Waals surface area (Å²) < 4.78 is 2.25. The van der Waals surface area contributed by atoms with Crippen molar-refractivity contribution in [2.45, 2.75) is 64.0 Å². The van der Waals surface area contributed by atoms with Gasteiger partial charge in [0.05, 0.1) is 10.9 Å². The molecule has 2 rings (SSSR count). The Labute approximate surface area is 155 Å². The van der Waals surface area contributed by atoms with E-state index in [1.807, 2.05) is 51.2 Å². The zero-order valence-corrected chi connectivity index (χ0v) is 16.8. The van der Waals surface area contributed by atoms with E-state index in [-0.39, 0.29) is 11.2 Å². The van der Waals surface area contributed by atoms with Gasteiger partial charge in [-0.25, -0.2) is 4.98 Å². The number of aromatic nitrogens is 2. The maximum atomic E-state index is 12.7. The fourth-order valence-electron chi connectivity index (χ4n) is 2.75. The lowest BCUT2D eigenvalue weighted by atomic mass is 10.2. The first kappa shape index (κ1) is 19.6. The topological polar surface area (TPSA) is 38.1 Å². The molecule has 1 unspecified atom stereocenters. The van der Waals surface area contributed by atoms with Crippen LogP contribution >= 0.6 is 11.8 Å². The quantitative estimate of drug-likeness (QED) is 0.654. The average molecular weight is 360 g/mol. The first-order chi connectivity index (χ1) is 11.9. The molecule has 25 heavy (non-hydrogen) atoms. The first-order valence-corrected chi connectivity index (χ1v) is 9.81. The zero-order valence-electron chi connectivity index (χ0n) is 16.0. The van der Waals surface area contributed by atoms with Crippen LogP contribution in [0.2, 0.25) is 0 Å². The van der Waals surface area contributed by atoms with E-state index in [1.165, 1.54) is 5.69 Å². The molecule has 4 nitrogen and oxygen atoms in total. The van der Waals surface area contributed by atoms with E-state index in [1.54, 1.807) is 16.7 Å². The summed E-state index contributed by atoms with van der Waals surface area (Å²) in [6, 6.07) is 10.1. The van der Waals surface area contributed by atoms with Crippen molar-refractivity contribution in [3.8, 4) is 0 Å². The minimum absolute atomic E-state index is 0.134. The SMILES string of the molecule is CCCCn1c(SC(C)C(=O)N(C)Cc2ccccc2)nc(C)c1C. The van der Waals surface area contributed by atoms with Crippen LogP contribution in [0.5, 0.6) is 0 Å². The summed E-state index contributed by atoms with van der Waals surface area (Å²) in [7, 11) is 1.87. The van der Waals surface area contributed by atoms with Gasteiger partial charge in [0, 0.05) is 25.8 Å². The number of unbranched alkanes of at least 4 members (excludes halogenated alkanes) is 1. The average Bonchev–Trinajstić information content (AvgIpc) is 2.86. The molecule has 1 heterocycles. The number of carbonyl (C=O) groups is 1. The van der Waals surface area contributed by atoms with Gasteiger partial charge in [0.15, 0.2) is 5.16 Å². The molecular weight excluding hydrogens is 330 g/mol. The van der Waals surface area contributed by atoms with E-state index in [0.29, 0.717) is 6.54 Å². The van der Waals surface area contributed by atoms with Gasteiger partial charge in [0.1, 0.15) is 0 Å². The van der Waals surface area contributed by atoms with Crippen LogP contribution in [0.15, 0.2) is 35.5 Å². The Morgan fingerprint density at radius 1 is 1.28 bits per heavy atom. The van der Waals surface area contributed by atoms with E-state index in [9.17, 15) is 4.79 Å². The van der Waals surface area contributed by atoms with E-state index in [4.69, 9.17) is 0 Å². The number of hydrogen-bond acceptors (Lipinski definition) is 3. The molecule has 136 valence electrons. The smallest absolute Gasteiger partial charge is 0.235 e. The van der Waals surface area contributed by atoms with E-state index >= 15 is 0 Å². The van der Waals surface area contributed by atoms with Crippen LogP contribution in [-0.4, -0.2) is 32.7 Å². The number of aryl methyl sites for hydroxylation is 1. The van der Waals surface area contributed by atoms with Crippen molar-refractivity contribution < 1.29 is 4.79 Å². The maximum Gasteiger partial charge on any atom is 0.235 e. The van der Waals surface area contributed by atoms with Crippen molar-refractivity contribution >= 4 is 17.7 Å². The molecule has 1 amide bonds. The van der Waals surface area contributed by atoms with Gasteiger partial charge >= 0.3 is 0 Å². The van der Waals surface area contributed by atoms with Gasteiger partial charge in [-0.1, -0.05) is 55.4 Å². The Morgan fingerprint density at radius 2 is 1.96 bits per heavy atom. The summed E-state index contributed by atoms with van der Waals surface area (Å²) in [6.07, 6.45) is 2.27. The number of nitrogens with zero attached hydrogens (tertiary/aromatic N) is 3. The molecule has 0 bridgehead atoms. The number of rotatable bonds is 8. The summed E-state index contributed by atoms with van der Waals surface area (Å²) >= 11 is 1.56. The van der Waals surface area contributed by atoms with Gasteiger partial charge in [-0.2, -0.15) is 0 Å². The summed E-state index contributed by atoms with van der Waals surface area (Å²) in [4.78, 5) is 19.2. The van der Waals surface area contributed by atoms with Gasteiger partial charge in [0.25, 0.3) is 0 Å². The predicted molar refractivity (Wildman–Crippen MR) is 105 cm³/mol. The van der Waals surface area contributed by atoms with Gasteiger partial charge in [-0.15, -0.1) is 0 Å². The Bertz CT molecular complexity index is 696. The second kappa shape index (κ2) is 9.09. The van der Waals surface area contributed by atoms with Gasteiger partial charge < -0.3 is 9.47 Å². The standard InChI is InChI=1S/C20H29N3OS/c1-6-7-13-23-16(3)15(2)21-20(23)25-17(4)19(24)22(5)14-18-11-9-8-10-12-18/h8-12,17H,6-7,13-14H2,1-5H3. The molecule has 1 aromatic carbocycles. The Morgan fingerprint density at radius 3 is 2.60 bits per heavy atom. The molecule has 0 saturated heterocycles. The number of hydrogen-bond donors (Lipinski definition) is 0. The van der Waals surface area contributed by atoms with E-state index in [2.05, 4.69) is 23.4 Å². The Kier molecular flexibility index (Phi) is 7.12. The van der Waals surface area contributed by atoms with Crippen molar-refractivity contribution in [2.24, 2.45) is 0 Å². The molecule has 1 aromatic heterocycles. The third kappa shape index (κ3) is 5.11. The van der Waals surface area contributed by atoms with Crippen LogP contribution in [0.3, 0.4) is 0 Å². The molecule has 0 N–H and O–H groups in total. The van der Waals surface area contributed by atoms with Crippen LogP contribution in [-0.2, 0) is 17.9 Å². The molecule has 0 fully saturated rings. The molecular formula is C20H29N3OS. The molecule has 0 aliphatic rings. The highest BCUT2D eigenvalue weighted by Gasteiger charge is 2.22. The molecule has 1 atom stereocenters. The second-order valence-corrected chi connectivity index (χ2v) is 7.82. The highest BCUT2D eigenvalue weighted by atomic mass is 32.2. The number of benzene rings is 1. The van der Waals surface area contributed by atoms with Crippen molar-refractivity contribution in [3.63, 3.8) is 0 Å². The van der Waals surface area contributed by atoms with Crippen molar-refractivity contribution in [2.75, 3.05) is 7.05 Å². The van der Waals surface area contributed by atoms with Crippen LogP contribution in [0.4, 0.5) is 0 Å². The van der Waals surface area contributed by atoms with E-state index < -0.39 is 0 Å². The Balaban J connectivity index is 2.04. The molecule has 0 spiro atoms. The number of imidazole rings is 1. The zero-order chi connectivity index (χ0) is 18.4. The lowest BCUT2D eigenvalue weighted by Crippen LogP contribution is -2.33.